The summed E-state index contributed by atoms with van der Waals surface area (Å²) < 4.78 is 19.7. The van der Waals surface area contributed by atoms with Gasteiger partial charge in [-0.2, -0.15) is 0 Å². The van der Waals surface area contributed by atoms with Crippen molar-refractivity contribution in [2.45, 2.75) is 13.0 Å². The molecule has 0 spiro atoms. The lowest BCUT2D eigenvalue weighted by atomic mass is 10.1. The fourth-order valence-electron chi connectivity index (χ4n) is 2.46. The molecule has 1 atom stereocenters. The standard InChI is InChI=1S/C15H16FN3O3/c16-11-1-2-13-12(5-11)15(21)19(9-18-13)7-14(20)17-6-10-3-4-22-8-10/h1-2,5,9-10H,3-4,6-8H2,(H,17,20)/t10-/m0/s1. The average Bonchev–Trinajstić information content (AvgIpc) is 3.02. The Morgan fingerprint density at radius 1 is 1.50 bits per heavy atom. The summed E-state index contributed by atoms with van der Waals surface area (Å²) in [5, 5.41) is 2.95. The molecule has 2 aromatic rings. The molecule has 1 fully saturated rings. The van der Waals surface area contributed by atoms with Gasteiger partial charge in [-0.05, 0) is 24.6 Å². The molecule has 1 aliphatic heterocycles. The fourth-order valence-corrected chi connectivity index (χ4v) is 2.46. The molecule has 1 saturated heterocycles. The first-order valence-corrected chi connectivity index (χ1v) is 7.12. The Balaban J connectivity index is 1.71. The Morgan fingerprint density at radius 2 is 2.36 bits per heavy atom. The fraction of sp³-hybridized carbons (Fsp3) is 0.400. The summed E-state index contributed by atoms with van der Waals surface area (Å²) in [5.74, 6) is -0.453. The van der Waals surface area contributed by atoms with E-state index in [9.17, 15) is 14.0 Å². The van der Waals surface area contributed by atoms with Crippen LogP contribution in [0.25, 0.3) is 10.9 Å². The quantitative estimate of drug-likeness (QED) is 0.902. The van der Waals surface area contributed by atoms with E-state index in [0.717, 1.165) is 19.1 Å². The highest BCUT2D eigenvalue weighted by Crippen LogP contribution is 2.10. The second-order valence-corrected chi connectivity index (χ2v) is 5.37. The first kappa shape index (κ1) is 14.6. The van der Waals surface area contributed by atoms with Gasteiger partial charge in [0, 0.05) is 19.1 Å². The van der Waals surface area contributed by atoms with E-state index in [2.05, 4.69) is 10.3 Å². The first-order chi connectivity index (χ1) is 10.6. The van der Waals surface area contributed by atoms with Gasteiger partial charge in [0.05, 0.1) is 23.8 Å². The maximum Gasteiger partial charge on any atom is 0.261 e. The molecule has 1 aromatic carbocycles. The number of hydrogen-bond acceptors (Lipinski definition) is 4. The minimum atomic E-state index is -0.505. The minimum Gasteiger partial charge on any atom is -0.381 e. The monoisotopic (exact) mass is 305 g/mol. The third kappa shape index (κ3) is 3.14. The van der Waals surface area contributed by atoms with Crippen molar-refractivity contribution in [3.63, 3.8) is 0 Å². The van der Waals surface area contributed by atoms with E-state index in [1.54, 1.807) is 0 Å². The maximum absolute atomic E-state index is 13.2. The van der Waals surface area contributed by atoms with Crippen molar-refractivity contribution >= 4 is 16.8 Å². The maximum atomic E-state index is 13.2. The lowest BCUT2D eigenvalue weighted by molar-refractivity contribution is -0.121. The van der Waals surface area contributed by atoms with Crippen LogP contribution in [0.5, 0.6) is 0 Å². The summed E-state index contributed by atoms with van der Waals surface area (Å²) in [6.45, 7) is 1.77. The van der Waals surface area contributed by atoms with Crippen LogP contribution in [0.3, 0.4) is 0 Å². The second kappa shape index (κ2) is 6.23. The van der Waals surface area contributed by atoms with Gasteiger partial charge in [-0.25, -0.2) is 9.37 Å². The molecule has 116 valence electrons. The zero-order valence-corrected chi connectivity index (χ0v) is 11.9. The number of nitrogens with zero attached hydrogens (tertiary/aromatic N) is 2. The Hall–Kier alpha value is -2.28. The number of nitrogens with one attached hydrogen (secondary N) is 1. The number of aromatic nitrogens is 2. The van der Waals surface area contributed by atoms with Crippen molar-refractivity contribution in [2.75, 3.05) is 19.8 Å². The minimum absolute atomic E-state index is 0.133. The molecule has 1 N–H and O–H groups in total. The van der Waals surface area contributed by atoms with Crippen molar-refractivity contribution in [3.8, 4) is 0 Å². The van der Waals surface area contributed by atoms with Crippen LogP contribution in [0.15, 0.2) is 29.3 Å². The predicted octanol–water partition coefficient (Wildman–Crippen LogP) is 0.688. The van der Waals surface area contributed by atoms with E-state index >= 15 is 0 Å². The topological polar surface area (TPSA) is 73.2 Å². The number of carbonyl (C=O) groups is 1. The molecule has 22 heavy (non-hydrogen) atoms. The van der Waals surface area contributed by atoms with E-state index in [0.29, 0.717) is 24.6 Å². The van der Waals surface area contributed by atoms with Crippen LogP contribution in [-0.4, -0.2) is 35.2 Å². The Bertz CT molecular complexity index is 753. The van der Waals surface area contributed by atoms with E-state index in [-0.39, 0.29) is 17.8 Å². The summed E-state index contributed by atoms with van der Waals surface area (Å²) >= 11 is 0. The molecular weight excluding hydrogens is 289 g/mol. The van der Waals surface area contributed by atoms with Crippen LogP contribution in [0.2, 0.25) is 0 Å². The molecule has 2 heterocycles. The molecule has 0 bridgehead atoms. The molecule has 1 amide bonds. The van der Waals surface area contributed by atoms with Gasteiger partial charge in [0.1, 0.15) is 12.4 Å². The van der Waals surface area contributed by atoms with Crippen LogP contribution < -0.4 is 10.9 Å². The summed E-state index contributed by atoms with van der Waals surface area (Å²) in [6, 6.07) is 3.82. The molecule has 3 rings (SSSR count). The summed E-state index contributed by atoms with van der Waals surface area (Å²) in [7, 11) is 0. The third-order valence-corrected chi connectivity index (χ3v) is 3.71. The SMILES string of the molecule is O=C(Cn1cnc2ccc(F)cc2c1=O)NC[C@@H]1CCOC1. The number of amides is 1. The number of hydrogen-bond donors (Lipinski definition) is 1. The number of ether oxygens (including phenoxy) is 1. The van der Waals surface area contributed by atoms with Gasteiger partial charge in [0.25, 0.3) is 5.56 Å². The van der Waals surface area contributed by atoms with E-state index in [4.69, 9.17) is 4.74 Å². The number of fused-ring (bicyclic) bond motifs is 1. The van der Waals surface area contributed by atoms with Gasteiger partial charge in [-0.3, -0.25) is 14.2 Å². The first-order valence-electron chi connectivity index (χ1n) is 7.12. The predicted molar refractivity (Wildman–Crippen MR) is 77.9 cm³/mol. The van der Waals surface area contributed by atoms with Crippen molar-refractivity contribution in [3.05, 3.63) is 40.7 Å². The van der Waals surface area contributed by atoms with Crippen molar-refractivity contribution < 1.29 is 13.9 Å². The zero-order valence-electron chi connectivity index (χ0n) is 11.9. The normalized spacial score (nSPS) is 17.8. The number of carbonyl (C=O) groups excluding carboxylic acids is 1. The number of benzene rings is 1. The Morgan fingerprint density at radius 3 is 3.14 bits per heavy atom. The highest BCUT2D eigenvalue weighted by molar-refractivity contribution is 5.78. The van der Waals surface area contributed by atoms with Crippen LogP contribution in [0.4, 0.5) is 4.39 Å². The van der Waals surface area contributed by atoms with Gasteiger partial charge in [0.15, 0.2) is 0 Å². The third-order valence-electron chi connectivity index (χ3n) is 3.71. The van der Waals surface area contributed by atoms with Crippen LogP contribution in [0, 0.1) is 11.7 Å². The smallest absolute Gasteiger partial charge is 0.261 e. The second-order valence-electron chi connectivity index (χ2n) is 5.37. The molecule has 6 nitrogen and oxygen atoms in total. The zero-order chi connectivity index (χ0) is 15.5. The molecule has 0 saturated carbocycles. The summed E-state index contributed by atoms with van der Waals surface area (Å²) in [4.78, 5) is 28.2. The molecule has 0 aliphatic carbocycles. The van der Waals surface area contributed by atoms with E-state index in [1.807, 2.05) is 0 Å². The van der Waals surface area contributed by atoms with Crippen LogP contribution >= 0.6 is 0 Å². The van der Waals surface area contributed by atoms with Crippen LogP contribution in [0.1, 0.15) is 6.42 Å². The lowest BCUT2D eigenvalue weighted by Gasteiger charge is -2.10. The molecule has 1 aliphatic rings. The molecule has 0 unspecified atom stereocenters. The van der Waals surface area contributed by atoms with Crippen molar-refractivity contribution in [1.29, 1.82) is 0 Å². The van der Waals surface area contributed by atoms with E-state index < -0.39 is 11.4 Å². The lowest BCUT2D eigenvalue weighted by Crippen LogP contribution is -2.35. The summed E-state index contributed by atoms with van der Waals surface area (Å²) in [6.07, 6.45) is 2.23. The van der Waals surface area contributed by atoms with Crippen molar-refractivity contribution in [1.82, 2.24) is 14.9 Å². The van der Waals surface area contributed by atoms with Gasteiger partial charge in [0.2, 0.25) is 5.91 Å². The highest BCUT2D eigenvalue weighted by atomic mass is 19.1. The number of rotatable bonds is 4. The molecule has 7 heteroatoms. The molecule has 1 aromatic heterocycles. The van der Waals surface area contributed by atoms with Gasteiger partial charge >= 0.3 is 0 Å². The molecular formula is C15H16FN3O3. The van der Waals surface area contributed by atoms with Gasteiger partial charge < -0.3 is 10.1 Å². The Labute approximate surface area is 125 Å². The number of halogens is 1. The summed E-state index contributed by atoms with van der Waals surface area (Å²) in [5.41, 5.74) is -0.0185. The van der Waals surface area contributed by atoms with Crippen LogP contribution in [-0.2, 0) is 16.1 Å². The van der Waals surface area contributed by atoms with Crippen molar-refractivity contribution in [2.24, 2.45) is 5.92 Å². The molecule has 0 radical (unpaired) electrons. The Kier molecular flexibility index (Phi) is 4.15. The highest BCUT2D eigenvalue weighted by Gasteiger charge is 2.16. The van der Waals surface area contributed by atoms with E-state index in [1.165, 1.54) is 23.0 Å². The average molecular weight is 305 g/mol. The van der Waals surface area contributed by atoms with Gasteiger partial charge in [-0.15, -0.1) is 0 Å². The van der Waals surface area contributed by atoms with Gasteiger partial charge in [-0.1, -0.05) is 0 Å². The largest absolute Gasteiger partial charge is 0.381 e.